The van der Waals surface area contributed by atoms with Crippen molar-refractivity contribution in [1.29, 1.82) is 0 Å². The van der Waals surface area contributed by atoms with E-state index in [4.69, 9.17) is 10.5 Å². The third-order valence-electron chi connectivity index (χ3n) is 2.08. The number of hydrogen-bond donors (Lipinski definition) is 1. The molecule has 2 N–H and O–H groups in total. The Morgan fingerprint density at radius 2 is 2.36 bits per heavy atom. The smallest absolute Gasteiger partial charge is 0.0908 e. The molecule has 62 valence electrons. The van der Waals surface area contributed by atoms with E-state index in [1.165, 1.54) is 0 Å². The minimum atomic E-state index is -0.122. The second-order valence-electron chi connectivity index (χ2n) is 2.80. The van der Waals surface area contributed by atoms with Gasteiger partial charge < -0.3 is 10.5 Å². The Labute approximate surface area is 67.7 Å². The van der Waals surface area contributed by atoms with E-state index in [0.29, 0.717) is 6.54 Å². The second-order valence-corrected chi connectivity index (χ2v) is 2.80. The molecular formula is C9H15NO. The van der Waals surface area contributed by atoms with Crippen LogP contribution in [0.3, 0.4) is 0 Å². The lowest BCUT2D eigenvalue weighted by Crippen LogP contribution is -2.32. The third-order valence-corrected chi connectivity index (χ3v) is 2.08. The highest BCUT2D eigenvalue weighted by Crippen LogP contribution is 2.24. The average molecular weight is 153 g/mol. The molecule has 2 nitrogen and oxygen atoms in total. The lowest BCUT2D eigenvalue weighted by atomic mass is 9.92. The van der Waals surface area contributed by atoms with Crippen molar-refractivity contribution in [3.05, 3.63) is 24.3 Å². The molecule has 1 rings (SSSR count). The normalized spacial score (nSPS) is 29.3. The average Bonchev–Trinajstić information content (AvgIpc) is 2.07. The SMILES string of the molecule is COC1(CCN)C=CC=CC1. The molecule has 1 aliphatic rings. The van der Waals surface area contributed by atoms with Gasteiger partial charge in [0.05, 0.1) is 5.60 Å². The molecule has 0 fully saturated rings. The van der Waals surface area contributed by atoms with Crippen molar-refractivity contribution in [3.8, 4) is 0 Å². The summed E-state index contributed by atoms with van der Waals surface area (Å²) in [6.45, 7) is 0.673. The summed E-state index contributed by atoms with van der Waals surface area (Å²) in [5, 5.41) is 0. The Morgan fingerprint density at radius 3 is 2.82 bits per heavy atom. The standard InChI is InChI=1S/C9H15NO/c1-11-9(7-8-10)5-3-2-4-6-9/h2-5H,6-8,10H2,1H3. The van der Waals surface area contributed by atoms with Gasteiger partial charge in [0, 0.05) is 7.11 Å². The van der Waals surface area contributed by atoms with Crippen LogP contribution in [0.25, 0.3) is 0 Å². The summed E-state index contributed by atoms with van der Waals surface area (Å²) in [7, 11) is 1.74. The molecule has 1 unspecified atom stereocenters. The number of nitrogens with two attached hydrogens (primary N) is 1. The summed E-state index contributed by atoms with van der Waals surface area (Å²) in [6, 6.07) is 0. The molecule has 0 aromatic carbocycles. The van der Waals surface area contributed by atoms with E-state index in [0.717, 1.165) is 12.8 Å². The summed E-state index contributed by atoms with van der Waals surface area (Å²) in [5.74, 6) is 0. The molecule has 0 heterocycles. The van der Waals surface area contributed by atoms with Crippen LogP contribution < -0.4 is 5.73 Å². The number of ether oxygens (including phenoxy) is 1. The monoisotopic (exact) mass is 153 g/mol. The van der Waals surface area contributed by atoms with E-state index < -0.39 is 0 Å². The zero-order chi connectivity index (χ0) is 8.16. The highest BCUT2D eigenvalue weighted by atomic mass is 16.5. The Morgan fingerprint density at radius 1 is 1.55 bits per heavy atom. The quantitative estimate of drug-likeness (QED) is 0.662. The Bertz CT molecular complexity index is 174. The van der Waals surface area contributed by atoms with Gasteiger partial charge in [-0.2, -0.15) is 0 Å². The number of hydrogen-bond acceptors (Lipinski definition) is 2. The second kappa shape index (κ2) is 3.69. The van der Waals surface area contributed by atoms with Gasteiger partial charge in [-0.25, -0.2) is 0 Å². The first kappa shape index (κ1) is 8.50. The summed E-state index contributed by atoms with van der Waals surface area (Å²) in [4.78, 5) is 0. The molecular weight excluding hydrogens is 138 g/mol. The molecule has 2 heteroatoms. The van der Waals surface area contributed by atoms with Crippen molar-refractivity contribution >= 4 is 0 Å². The van der Waals surface area contributed by atoms with E-state index >= 15 is 0 Å². The number of allylic oxidation sites excluding steroid dienone is 2. The zero-order valence-electron chi connectivity index (χ0n) is 6.92. The maximum absolute atomic E-state index is 5.48. The maximum atomic E-state index is 5.48. The van der Waals surface area contributed by atoms with Gasteiger partial charge in [0.2, 0.25) is 0 Å². The van der Waals surface area contributed by atoms with E-state index in [1.807, 2.05) is 12.2 Å². The minimum Gasteiger partial charge on any atom is -0.374 e. The molecule has 0 bridgehead atoms. The lowest BCUT2D eigenvalue weighted by Gasteiger charge is -2.29. The summed E-state index contributed by atoms with van der Waals surface area (Å²) in [6.07, 6.45) is 10.1. The topological polar surface area (TPSA) is 35.2 Å². The van der Waals surface area contributed by atoms with Crippen LogP contribution in [0.1, 0.15) is 12.8 Å². The molecule has 1 aliphatic carbocycles. The van der Waals surface area contributed by atoms with Crippen LogP contribution in [0.5, 0.6) is 0 Å². The van der Waals surface area contributed by atoms with Gasteiger partial charge in [-0.3, -0.25) is 0 Å². The molecule has 0 radical (unpaired) electrons. The van der Waals surface area contributed by atoms with Crippen LogP contribution in [0.2, 0.25) is 0 Å². The van der Waals surface area contributed by atoms with Crippen LogP contribution in [-0.2, 0) is 4.74 Å². The van der Waals surface area contributed by atoms with Gasteiger partial charge in [0.15, 0.2) is 0 Å². The highest BCUT2D eigenvalue weighted by Gasteiger charge is 2.24. The molecule has 0 amide bonds. The van der Waals surface area contributed by atoms with Crippen molar-refractivity contribution in [2.75, 3.05) is 13.7 Å². The Hall–Kier alpha value is -0.600. The van der Waals surface area contributed by atoms with Crippen LogP contribution in [0.15, 0.2) is 24.3 Å². The molecule has 1 atom stereocenters. The number of methoxy groups -OCH3 is 1. The molecule has 0 saturated carbocycles. The van der Waals surface area contributed by atoms with E-state index in [1.54, 1.807) is 7.11 Å². The fraction of sp³-hybridized carbons (Fsp3) is 0.556. The Kier molecular flexibility index (Phi) is 2.85. The van der Waals surface area contributed by atoms with Gasteiger partial charge in [-0.05, 0) is 19.4 Å². The van der Waals surface area contributed by atoms with Gasteiger partial charge in [0.25, 0.3) is 0 Å². The first-order chi connectivity index (χ1) is 5.33. The molecule has 0 aliphatic heterocycles. The van der Waals surface area contributed by atoms with E-state index in [2.05, 4.69) is 12.2 Å². The first-order valence-corrected chi connectivity index (χ1v) is 3.92. The Balaban J connectivity index is 2.60. The largest absolute Gasteiger partial charge is 0.374 e. The third kappa shape index (κ3) is 1.91. The number of rotatable bonds is 3. The van der Waals surface area contributed by atoms with Crippen LogP contribution >= 0.6 is 0 Å². The molecule has 0 aromatic rings. The van der Waals surface area contributed by atoms with Crippen molar-refractivity contribution in [3.63, 3.8) is 0 Å². The molecule has 11 heavy (non-hydrogen) atoms. The fourth-order valence-corrected chi connectivity index (χ4v) is 1.33. The molecule has 0 spiro atoms. The van der Waals surface area contributed by atoms with Gasteiger partial charge in [-0.1, -0.05) is 24.3 Å². The van der Waals surface area contributed by atoms with Crippen LogP contribution in [0.4, 0.5) is 0 Å². The van der Waals surface area contributed by atoms with E-state index in [-0.39, 0.29) is 5.60 Å². The minimum absolute atomic E-state index is 0.122. The summed E-state index contributed by atoms with van der Waals surface area (Å²) >= 11 is 0. The van der Waals surface area contributed by atoms with Crippen molar-refractivity contribution in [1.82, 2.24) is 0 Å². The van der Waals surface area contributed by atoms with E-state index in [9.17, 15) is 0 Å². The van der Waals surface area contributed by atoms with Gasteiger partial charge in [-0.15, -0.1) is 0 Å². The van der Waals surface area contributed by atoms with Crippen molar-refractivity contribution in [2.24, 2.45) is 5.73 Å². The van der Waals surface area contributed by atoms with Crippen molar-refractivity contribution < 1.29 is 4.74 Å². The van der Waals surface area contributed by atoms with Gasteiger partial charge in [0.1, 0.15) is 0 Å². The maximum Gasteiger partial charge on any atom is 0.0908 e. The van der Waals surface area contributed by atoms with Crippen LogP contribution in [0, 0.1) is 0 Å². The highest BCUT2D eigenvalue weighted by molar-refractivity contribution is 5.18. The summed E-state index contributed by atoms with van der Waals surface area (Å²) < 4.78 is 5.40. The molecule has 0 aromatic heterocycles. The van der Waals surface area contributed by atoms with Crippen molar-refractivity contribution in [2.45, 2.75) is 18.4 Å². The fourth-order valence-electron chi connectivity index (χ4n) is 1.33. The lowest BCUT2D eigenvalue weighted by molar-refractivity contribution is 0.0287. The van der Waals surface area contributed by atoms with Gasteiger partial charge >= 0.3 is 0 Å². The predicted octanol–water partition coefficient (Wildman–Crippen LogP) is 1.24. The zero-order valence-corrected chi connectivity index (χ0v) is 6.92. The first-order valence-electron chi connectivity index (χ1n) is 3.92. The summed E-state index contributed by atoms with van der Waals surface area (Å²) in [5.41, 5.74) is 5.36. The molecule has 0 saturated heterocycles. The predicted molar refractivity (Wildman–Crippen MR) is 46.3 cm³/mol. The van der Waals surface area contributed by atoms with Crippen LogP contribution in [-0.4, -0.2) is 19.3 Å².